The number of hydrogen-bond acceptors (Lipinski definition) is 2. The van der Waals surface area contributed by atoms with Gasteiger partial charge in [0.1, 0.15) is 11.3 Å². The highest BCUT2D eigenvalue weighted by Crippen LogP contribution is 2.29. The van der Waals surface area contributed by atoms with Crippen LogP contribution in [-0.2, 0) is 5.88 Å². The van der Waals surface area contributed by atoms with Crippen LogP contribution < -0.4 is 0 Å². The fraction of sp³-hybridized carbons (Fsp3) is 0.200. The molecule has 0 amide bonds. The van der Waals surface area contributed by atoms with E-state index >= 15 is 0 Å². The Kier molecular flexibility index (Phi) is 3.59. The quantitative estimate of drug-likeness (QED) is 0.683. The molecule has 3 aromatic rings. The molecule has 3 rings (SSSR count). The van der Waals surface area contributed by atoms with Crippen LogP contribution in [-0.4, -0.2) is 14.5 Å². The minimum absolute atomic E-state index is 0.116. The predicted molar refractivity (Wildman–Crippen MR) is 77.3 cm³/mol. The van der Waals surface area contributed by atoms with Gasteiger partial charge in [0, 0.05) is 12.4 Å². The topological polar surface area (TPSA) is 30.7 Å². The van der Waals surface area contributed by atoms with Gasteiger partial charge in [-0.25, -0.2) is 13.8 Å². The van der Waals surface area contributed by atoms with E-state index in [1.165, 1.54) is 6.07 Å². The van der Waals surface area contributed by atoms with Crippen LogP contribution in [0.5, 0.6) is 0 Å². The molecule has 3 nitrogen and oxygen atoms in total. The lowest BCUT2D eigenvalue weighted by Gasteiger charge is -2.17. The van der Waals surface area contributed by atoms with Crippen molar-refractivity contribution in [3.8, 4) is 0 Å². The summed E-state index contributed by atoms with van der Waals surface area (Å²) in [7, 11) is 0. The molecule has 0 saturated heterocycles. The Hall–Kier alpha value is -2.01. The summed E-state index contributed by atoms with van der Waals surface area (Å²) in [5.74, 6) is -1.19. The highest BCUT2D eigenvalue weighted by Gasteiger charge is 2.21. The molecule has 0 radical (unpaired) electrons. The minimum Gasteiger partial charge on any atom is -0.317 e. The first-order valence-corrected chi connectivity index (χ1v) is 6.97. The van der Waals surface area contributed by atoms with Crippen LogP contribution >= 0.6 is 11.6 Å². The van der Waals surface area contributed by atoms with Crippen LogP contribution in [0.25, 0.3) is 11.0 Å². The van der Waals surface area contributed by atoms with Crippen LogP contribution in [0.2, 0.25) is 0 Å². The number of nitrogens with zero attached hydrogens (tertiary/aromatic N) is 3. The van der Waals surface area contributed by atoms with Crippen LogP contribution in [0.4, 0.5) is 8.78 Å². The SMILES string of the molecule is CC(c1ccncc1)n1c(CCl)nc2ccc(F)c(F)c21. The average molecular weight is 308 g/mol. The predicted octanol–water partition coefficient (Wildman–Crippen LogP) is 4.06. The maximum atomic E-state index is 14.2. The van der Waals surface area contributed by atoms with Gasteiger partial charge >= 0.3 is 0 Å². The van der Waals surface area contributed by atoms with E-state index < -0.39 is 11.6 Å². The van der Waals surface area contributed by atoms with Gasteiger partial charge in [0.2, 0.25) is 0 Å². The number of halogens is 3. The molecule has 1 unspecified atom stereocenters. The van der Waals surface area contributed by atoms with Crippen LogP contribution in [0.15, 0.2) is 36.7 Å². The van der Waals surface area contributed by atoms with Crippen molar-refractivity contribution in [2.45, 2.75) is 18.8 Å². The molecule has 0 aliphatic heterocycles. The third-order valence-corrected chi connectivity index (χ3v) is 3.75. The van der Waals surface area contributed by atoms with Gasteiger partial charge in [0.05, 0.1) is 17.4 Å². The third kappa shape index (κ3) is 2.27. The van der Waals surface area contributed by atoms with Gasteiger partial charge in [-0.2, -0.15) is 0 Å². The van der Waals surface area contributed by atoms with E-state index in [0.29, 0.717) is 11.3 Å². The molecule has 2 heterocycles. The number of rotatable bonds is 3. The Morgan fingerprint density at radius 3 is 2.57 bits per heavy atom. The van der Waals surface area contributed by atoms with E-state index in [0.717, 1.165) is 11.6 Å². The number of imidazole rings is 1. The van der Waals surface area contributed by atoms with Crippen LogP contribution in [0.3, 0.4) is 0 Å². The van der Waals surface area contributed by atoms with Crippen molar-refractivity contribution < 1.29 is 8.78 Å². The van der Waals surface area contributed by atoms with Crippen molar-refractivity contribution in [3.63, 3.8) is 0 Å². The smallest absolute Gasteiger partial charge is 0.184 e. The summed E-state index contributed by atoms with van der Waals surface area (Å²) in [6, 6.07) is 5.95. The summed E-state index contributed by atoms with van der Waals surface area (Å²) in [4.78, 5) is 8.25. The van der Waals surface area contributed by atoms with Gasteiger partial charge in [-0.05, 0) is 36.8 Å². The maximum Gasteiger partial charge on any atom is 0.184 e. The van der Waals surface area contributed by atoms with Gasteiger partial charge in [-0.3, -0.25) is 4.98 Å². The molecule has 6 heteroatoms. The highest BCUT2D eigenvalue weighted by molar-refractivity contribution is 6.16. The first kappa shape index (κ1) is 13.9. The molecule has 0 saturated carbocycles. The summed E-state index contributed by atoms with van der Waals surface area (Å²) in [5, 5.41) is 0. The van der Waals surface area contributed by atoms with Gasteiger partial charge in [0.15, 0.2) is 11.6 Å². The summed E-state index contributed by atoms with van der Waals surface area (Å²) in [6.45, 7) is 1.89. The molecule has 0 N–H and O–H groups in total. The van der Waals surface area contributed by atoms with E-state index in [9.17, 15) is 8.78 Å². The summed E-state index contributed by atoms with van der Waals surface area (Å²) < 4.78 is 29.4. The van der Waals surface area contributed by atoms with Crippen molar-refractivity contribution in [1.29, 1.82) is 0 Å². The van der Waals surface area contributed by atoms with Gasteiger partial charge in [-0.15, -0.1) is 11.6 Å². The number of aromatic nitrogens is 3. The highest BCUT2D eigenvalue weighted by atomic mass is 35.5. The fourth-order valence-corrected chi connectivity index (χ4v) is 2.66. The second kappa shape index (κ2) is 5.41. The van der Waals surface area contributed by atoms with E-state index in [4.69, 9.17) is 11.6 Å². The standard InChI is InChI=1S/C15H12ClF2N3/c1-9(10-4-6-19-7-5-10)21-13(8-16)20-12-3-2-11(17)14(18)15(12)21/h2-7,9H,8H2,1H3. The van der Waals surface area contributed by atoms with E-state index in [1.54, 1.807) is 17.0 Å². The Morgan fingerprint density at radius 2 is 1.90 bits per heavy atom. The zero-order valence-electron chi connectivity index (χ0n) is 11.2. The molecule has 1 atom stereocenters. The lowest BCUT2D eigenvalue weighted by Crippen LogP contribution is -2.11. The zero-order valence-corrected chi connectivity index (χ0v) is 12.0. The van der Waals surface area contributed by atoms with E-state index in [2.05, 4.69) is 9.97 Å². The van der Waals surface area contributed by atoms with Crippen molar-refractivity contribution in [2.75, 3.05) is 0 Å². The molecule has 2 aromatic heterocycles. The monoisotopic (exact) mass is 307 g/mol. The second-order valence-electron chi connectivity index (χ2n) is 4.72. The molecule has 0 aliphatic rings. The molecule has 0 bridgehead atoms. The molecule has 21 heavy (non-hydrogen) atoms. The molecule has 1 aromatic carbocycles. The molecular formula is C15H12ClF2N3. The molecular weight excluding hydrogens is 296 g/mol. The summed E-state index contributed by atoms with van der Waals surface area (Å²) in [6.07, 6.45) is 3.31. The fourth-order valence-electron chi connectivity index (χ4n) is 2.47. The van der Waals surface area contributed by atoms with Crippen LogP contribution in [0.1, 0.15) is 24.4 Å². The third-order valence-electron chi connectivity index (χ3n) is 3.51. The Morgan fingerprint density at radius 1 is 1.19 bits per heavy atom. The number of pyridine rings is 1. The first-order valence-electron chi connectivity index (χ1n) is 6.44. The van der Waals surface area contributed by atoms with Gasteiger partial charge in [-0.1, -0.05) is 0 Å². The first-order chi connectivity index (χ1) is 10.1. The molecule has 0 fully saturated rings. The van der Waals surface area contributed by atoms with E-state index in [-0.39, 0.29) is 17.4 Å². The van der Waals surface area contributed by atoms with Crippen molar-refractivity contribution in [2.24, 2.45) is 0 Å². The summed E-state index contributed by atoms with van der Waals surface area (Å²) >= 11 is 5.92. The lowest BCUT2D eigenvalue weighted by molar-refractivity contribution is 0.507. The van der Waals surface area contributed by atoms with Crippen LogP contribution in [0, 0.1) is 11.6 Å². The molecule has 0 spiro atoms. The normalized spacial score (nSPS) is 12.8. The number of fused-ring (bicyclic) bond motifs is 1. The zero-order chi connectivity index (χ0) is 15.0. The Bertz CT molecular complexity index is 786. The van der Waals surface area contributed by atoms with E-state index in [1.807, 2.05) is 19.1 Å². The molecule has 0 aliphatic carbocycles. The largest absolute Gasteiger partial charge is 0.317 e. The summed E-state index contributed by atoms with van der Waals surface area (Å²) in [5.41, 5.74) is 1.44. The second-order valence-corrected chi connectivity index (χ2v) is 4.98. The van der Waals surface area contributed by atoms with Gasteiger partial charge < -0.3 is 4.57 Å². The van der Waals surface area contributed by atoms with Crippen molar-refractivity contribution in [3.05, 3.63) is 59.7 Å². The Labute approximate surface area is 125 Å². The lowest BCUT2D eigenvalue weighted by atomic mass is 10.1. The Balaban J connectivity index is 2.27. The van der Waals surface area contributed by atoms with Crippen molar-refractivity contribution >= 4 is 22.6 Å². The maximum absolute atomic E-state index is 14.2. The number of alkyl halides is 1. The van der Waals surface area contributed by atoms with Gasteiger partial charge in [0.25, 0.3) is 0 Å². The minimum atomic E-state index is -0.905. The van der Waals surface area contributed by atoms with Crippen molar-refractivity contribution in [1.82, 2.24) is 14.5 Å². The average Bonchev–Trinajstić information content (AvgIpc) is 2.90. The number of benzene rings is 1. The number of hydrogen-bond donors (Lipinski definition) is 0. The molecule has 108 valence electrons.